The van der Waals surface area contributed by atoms with Crippen molar-refractivity contribution in [3.63, 3.8) is 0 Å². The standard InChI is InChI=1S/C19H26ClN3O3/c1-14-3-4-16(12-17(14)20)23-13-15(11-18(23)24)19(25)21-5-2-6-22-7-9-26-10-8-22/h3-4,12,15H,2,5-11,13H2,1H3,(H,21,25)/p+1/t15-/m1/s1. The summed E-state index contributed by atoms with van der Waals surface area (Å²) in [6, 6.07) is 5.57. The zero-order valence-electron chi connectivity index (χ0n) is 15.2. The topological polar surface area (TPSA) is 63.1 Å². The summed E-state index contributed by atoms with van der Waals surface area (Å²) in [4.78, 5) is 27.9. The number of quaternary nitrogens is 1. The molecule has 142 valence electrons. The van der Waals surface area contributed by atoms with E-state index in [1.165, 1.54) is 4.90 Å². The molecule has 1 atom stereocenters. The zero-order valence-corrected chi connectivity index (χ0v) is 16.0. The molecular formula is C19H27ClN3O3+. The molecule has 0 spiro atoms. The highest BCUT2D eigenvalue weighted by atomic mass is 35.5. The summed E-state index contributed by atoms with van der Waals surface area (Å²) in [7, 11) is 0. The lowest BCUT2D eigenvalue weighted by Gasteiger charge is -2.23. The number of benzene rings is 1. The maximum atomic E-state index is 12.4. The van der Waals surface area contributed by atoms with E-state index < -0.39 is 0 Å². The third-order valence-electron chi connectivity index (χ3n) is 5.17. The Kier molecular flexibility index (Phi) is 6.51. The number of nitrogens with zero attached hydrogens (tertiary/aromatic N) is 1. The molecule has 1 aromatic rings. The van der Waals surface area contributed by atoms with Crippen LogP contribution in [0.4, 0.5) is 5.69 Å². The Balaban J connectivity index is 1.45. The number of anilines is 1. The van der Waals surface area contributed by atoms with Crippen molar-refractivity contribution in [2.75, 3.05) is 50.8 Å². The van der Waals surface area contributed by atoms with E-state index in [2.05, 4.69) is 5.32 Å². The van der Waals surface area contributed by atoms with Crippen LogP contribution >= 0.6 is 11.6 Å². The Hall–Kier alpha value is -1.63. The van der Waals surface area contributed by atoms with Crippen LogP contribution in [0.3, 0.4) is 0 Å². The first kappa shape index (κ1) is 19.1. The molecule has 2 amide bonds. The van der Waals surface area contributed by atoms with Crippen LogP contribution in [0.1, 0.15) is 18.4 Å². The lowest BCUT2D eigenvalue weighted by Crippen LogP contribution is -3.14. The largest absolute Gasteiger partial charge is 0.370 e. The van der Waals surface area contributed by atoms with E-state index in [1.807, 2.05) is 19.1 Å². The van der Waals surface area contributed by atoms with Gasteiger partial charge in [0.2, 0.25) is 11.8 Å². The molecule has 2 aliphatic heterocycles. The molecule has 7 heteroatoms. The molecule has 0 radical (unpaired) electrons. The van der Waals surface area contributed by atoms with Gasteiger partial charge in [0.25, 0.3) is 0 Å². The second kappa shape index (κ2) is 8.84. The number of ether oxygens (including phenoxy) is 1. The number of aryl methyl sites for hydroxylation is 1. The number of halogens is 1. The Morgan fingerprint density at radius 3 is 2.88 bits per heavy atom. The van der Waals surface area contributed by atoms with Crippen LogP contribution in [0.5, 0.6) is 0 Å². The van der Waals surface area contributed by atoms with Gasteiger partial charge in [-0.2, -0.15) is 0 Å². The van der Waals surface area contributed by atoms with Gasteiger partial charge in [0.15, 0.2) is 0 Å². The number of hydrogen-bond acceptors (Lipinski definition) is 3. The maximum absolute atomic E-state index is 12.4. The molecule has 1 aromatic carbocycles. The smallest absolute Gasteiger partial charge is 0.227 e. The third kappa shape index (κ3) is 4.75. The molecule has 0 aliphatic carbocycles. The number of amides is 2. The van der Waals surface area contributed by atoms with Gasteiger partial charge in [-0.1, -0.05) is 17.7 Å². The zero-order chi connectivity index (χ0) is 18.5. The van der Waals surface area contributed by atoms with Crippen LogP contribution in [-0.4, -0.2) is 57.8 Å². The van der Waals surface area contributed by atoms with Crippen molar-refractivity contribution in [3.05, 3.63) is 28.8 Å². The second-order valence-electron chi connectivity index (χ2n) is 7.10. The first-order valence-corrected chi connectivity index (χ1v) is 9.68. The van der Waals surface area contributed by atoms with E-state index in [-0.39, 0.29) is 24.2 Å². The Labute approximate surface area is 159 Å². The predicted octanol–water partition coefficient (Wildman–Crippen LogP) is 0.423. The van der Waals surface area contributed by atoms with Crippen LogP contribution < -0.4 is 15.1 Å². The third-order valence-corrected chi connectivity index (χ3v) is 5.58. The summed E-state index contributed by atoms with van der Waals surface area (Å²) in [5.74, 6) is -0.350. The quantitative estimate of drug-likeness (QED) is 0.703. The Morgan fingerprint density at radius 2 is 2.15 bits per heavy atom. The molecular weight excluding hydrogens is 354 g/mol. The molecule has 0 unspecified atom stereocenters. The van der Waals surface area contributed by atoms with Crippen molar-refractivity contribution in [1.29, 1.82) is 0 Å². The lowest BCUT2D eigenvalue weighted by atomic mass is 10.1. The number of carbonyl (C=O) groups is 2. The number of morpholine rings is 1. The van der Waals surface area contributed by atoms with Crippen LogP contribution in [0, 0.1) is 12.8 Å². The first-order chi connectivity index (χ1) is 12.5. The minimum atomic E-state index is -0.293. The summed E-state index contributed by atoms with van der Waals surface area (Å²) >= 11 is 6.16. The van der Waals surface area contributed by atoms with E-state index in [9.17, 15) is 9.59 Å². The van der Waals surface area contributed by atoms with E-state index in [1.54, 1.807) is 11.0 Å². The van der Waals surface area contributed by atoms with Crippen molar-refractivity contribution in [2.45, 2.75) is 19.8 Å². The monoisotopic (exact) mass is 380 g/mol. The van der Waals surface area contributed by atoms with Gasteiger partial charge in [-0.15, -0.1) is 0 Å². The number of rotatable bonds is 6. The van der Waals surface area contributed by atoms with Gasteiger partial charge < -0.3 is 19.9 Å². The summed E-state index contributed by atoms with van der Waals surface area (Å²) in [6.07, 6.45) is 1.20. The number of nitrogens with one attached hydrogen (secondary N) is 2. The van der Waals surface area contributed by atoms with Gasteiger partial charge >= 0.3 is 0 Å². The van der Waals surface area contributed by atoms with Crippen molar-refractivity contribution >= 4 is 29.1 Å². The van der Waals surface area contributed by atoms with Crippen molar-refractivity contribution in [1.82, 2.24) is 5.32 Å². The second-order valence-corrected chi connectivity index (χ2v) is 7.50. The lowest BCUT2D eigenvalue weighted by molar-refractivity contribution is -0.908. The van der Waals surface area contributed by atoms with Crippen molar-refractivity contribution < 1.29 is 19.2 Å². The fourth-order valence-electron chi connectivity index (χ4n) is 3.49. The molecule has 0 saturated carbocycles. The predicted molar refractivity (Wildman–Crippen MR) is 101 cm³/mol. The van der Waals surface area contributed by atoms with Gasteiger partial charge in [-0.05, 0) is 24.6 Å². The van der Waals surface area contributed by atoms with Crippen LogP contribution in [0.25, 0.3) is 0 Å². The minimum absolute atomic E-state index is 0.0252. The van der Waals surface area contributed by atoms with E-state index >= 15 is 0 Å². The molecule has 2 aliphatic rings. The van der Waals surface area contributed by atoms with Crippen LogP contribution in [0.2, 0.25) is 5.02 Å². The highest BCUT2D eigenvalue weighted by molar-refractivity contribution is 6.31. The summed E-state index contributed by atoms with van der Waals surface area (Å²) in [5.41, 5.74) is 1.73. The van der Waals surface area contributed by atoms with Gasteiger partial charge in [0.1, 0.15) is 13.1 Å². The average Bonchev–Trinajstić information content (AvgIpc) is 3.04. The van der Waals surface area contributed by atoms with Crippen LogP contribution in [-0.2, 0) is 14.3 Å². The van der Waals surface area contributed by atoms with Gasteiger partial charge in [-0.25, -0.2) is 0 Å². The Bertz CT molecular complexity index is 661. The summed E-state index contributed by atoms with van der Waals surface area (Å²) < 4.78 is 5.35. The van der Waals surface area contributed by atoms with Gasteiger partial charge in [0, 0.05) is 36.6 Å². The highest BCUT2D eigenvalue weighted by Gasteiger charge is 2.35. The van der Waals surface area contributed by atoms with Crippen molar-refractivity contribution in [2.24, 2.45) is 5.92 Å². The van der Waals surface area contributed by atoms with E-state index in [0.29, 0.717) is 18.1 Å². The molecule has 2 heterocycles. The van der Waals surface area contributed by atoms with E-state index in [4.69, 9.17) is 16.3 Å². The van der Waals surface area contributed by atoms with Gasteiger partial charge in [-0.3, -0.25) is 9.59 Å². The maximum Gasteiger partial charge on any atom is 0.227 e. The molecule has 0 aromatic heterocycles. The highest BCUT2D eigenvalue weighted by Crippen LogP contribution is 2.28. The normalized spacial score (nSPS) is 21.2. The van der Waals surface area contributed by atoms with Gasteiger partial charge in [0.05, 0.1) is 25.7 Å². The molecule has 2 saturated heterocycles. The average molecular weight is 381 g/mol. The Morgan fingerprint density at radius 1 is 1.38 bits per heavy atom. The fourth-order valence-corrected chi connectivity index (χ4v) is 3.66. The molecule has 3 rings (SSSR count). The van der Waals surface area contributed by atoms with Crippen LogP contribution in [0.15, 0.2) is 18.2 Å². The molecule has 2 fully saturated rings. The van der Waals surface area contributed by atoms with Crippen molar-refractivity contribution in [3.8, 4) is 0 Å². The minimum Gasteiger partial charge on any atom is -0.370 e. The number of carbonyl (C=O) groups excluding carboxylic acids is 2. The molecule has 0 bridgehead atoms. The summed E-state index contributed by atoms with van der Waals surface area (Å²) in [5, 5.41) is 3.62. The summed E-state index contributed by atoms with van der Waals surface area (Å²) in [6.45, 7) is 7.77. The molecule has 6 nitrogen and oxygen atoms in total. The molecule has 2 N–H and O–H groups in total. The SMILES string of the molecule is Cc1ccc(N2C[C@H](C(=O)NCCC[NH+]3CCOCC3)CC2=O)cc1Cl. The molecule has 26 heavy (non-hydrogen) atoms. The van der Waals surface area contributed by atoms with E-state index in [0.717, 1.165) is 50.5 Å². The first-order valence-electron chi connectivity index (χ1n) is 9.30. The fraction of sp³-hybridized carbons (Fsp3) is 0.579. The number of hydrogen-bond donors (Lipinski definition) is 2.